The van der Waals surface area contributed by atoms with E-state index in [-0.39, 0.29) is 11.5 Å². The number of hydrogen-bond donors (Lipinski definition) is 1. The lowest BCUT2D eigenvalue weighted by molar-refractivity contribution is -0.117. The summed E-state index contributed by atoms with van der Waals surface area (Å²) in [5, 5.41) is 10.8. The van der Waals surface area contributed by atoms with Gasteiger partial charge in [-0.05, 0) is 35.4 Å². The van der Waals surface area contributed by atoms with Crippen LogP contribution in [0.15, 0.2) is 18.2 Å². The van der Waals surface area contributed by atoms with Crippen molar-refractivity contribution in [1.29, 1.82) is 0 Å². The van der Waals surface area contributed by atoms with Gasteiger partial charge in [-0.15, -0.1) is 0 Å². The van der Waals surface area contributed by atoms with Crippen molar-refractivity contribution < 1.29 is 19.3 Å². The average molecular weight is 290 g/mol. The zero-order chi connectivity index (χ0) is 14.3. The second kappa shape index (κ2) is 5.36. The number of rotatable bonds is 2. The number of hydrogen-bond acceptors (Lipinski definition) is 4. The van der Waals surface area contributed by atoms with E-state index >= 15 is 0 Å². The normalized spacial score (nSPS) is 33.3. The monoisotopic (exact) mass is 290 g/mol. The maximum Gasteiger partial charge on any atom is 0.0940 e. The molecule has 0 aromatic heterocycles. The fraction of sp³-hybridized carbons (Fsp3) is 0.647. The van der Waals surface area contributed by atoms with Crippen LogP contribution in [0.4, 0.5) is 0 Å². The molecule has 2 saturated heterocycles. The van der Waals surface area contributed by atoms with Crippen molar-refractivity contribution in [2.75, 3.05) is 19.8 Å². The molecule has 0 amide bonds. The molecule has 21 heavy (non-hydrogen) atoms. The smallest absolute Gasteiger partial charge is 0.0940 e. The Morgan fingerprint density at radius 3 is 2.90 bits per heavy atom. The van der Waals surface area contributed by atoms with E-state index in [1.807, 2.05) is 6.07 Å². The Morgan fingerprint density at radius 1 is 1.14 bits per heavy atom. The highest BCUT2D eigenvalue weighted by Crippen LogP contribution is 2.41. The lowest BCUT2D eigenvalue weighted by atomic mass is 9.80. The first kappa shape index (κ1) is 13.7. The third kappa shape index (κ3) is 2.50. The standard InChI is InChI=1S/C17H22O4/c18-16(12-1-2-14-9-20-10-15(14)7-12)13-3-5-21-17(8-13)4-6-19-11-17/h1-2,7,13,16,18H,3-6,8-11H2. The molecule has 0 bridgehead atoms. The average Bonchev–Trinajstić information content (AvgIpc) is 3.15. The second-order valence-corrected chi connectivity index (χ2v) is 6.55. The molecule has 4 rings (SSSR count). The van der Waals surface area contributed by atoms with Crippen LogP contribution in [-0.2, 0) is 27.4 Å². The maximum absolute atomic E-state index is 10.8. The summed E-state index contributed by atoms with van der Waals surface area (Å²) >= 11 is 0. The van der Waals surface area contributed by atoms with Crippen molar-refractivity contribution in [2.45, 2.75) is 44.2 Å². The Hall–Kier alpha value is -0.940. The molecule has 3 heterocycles. The maximum atomic E-state index is 10.8. The summed E-state index contributed by atoms with van der Waals surface area (Å²) in [6.07, 6.45) is 2.34. The van der Waals surface area contributed by atoms with E-state index in [9.17, 15) is 5.11 Å². The zero-order valence-electron chi connectivity index (χ0n) is 12.2. The van der Waals surface area contributed by atoms with Gasteiger partial charge in [0.05, 0.1) is 31.5 Å². The van der Waals surface area contributed by atoms with Crippen molar-refractivity contribution in [3.8, 4) is 0 Å². The van der Waals surface area contributed by atoms with Crippen LogP contribution in [0.25, 0.3) is 0 Å². The Morgan fingerprint density at radius 2 is 2.05 bits per heavy atom. The number of fused-ring (bicyclic) bond motifs is 1. The summed E-state index contributed by atoms with van der Waals surface area (Å²) in [6.45, 7) is 3.54. The molecule has 1 aromatic rings. The summed E-state index contributed by atoms with van der Waals surface area (Å²) in [5.41, 5.74) is 3.33. The molecule has 2 fully saturated rings. The first-order valence-corrected chi connectivity index (χ1v) is 7.85. The minimum Gasteiger partial charge on any atom is -0.388 e. The first-order valence-electron chi connectivity index (χ1n) is 7.85. The van der Waals surface area contributed by atoms with Crippen LogP contribution in [0.1, 0.15) is 42.1 Å². The molecule has 4 heteroatoms. The number of ether oxygens (including phenoxy) is 3. The molecule has 1 spiro atoms. The minimum atomic E-state index is -0.419. The van der Waals surface area contributed by atoms with Crippen molar-refractivity contribution in [3.05, 3.63) is 34.9 Å². The molecule has 3 unspecified atom stereocenters. The van der Waals surface area contributed by atoms with E-state index in [0.717, 1.165) is 38.0 Å². The van der Waals surface area contributed by atoms with Crippen molar-refractivity contribution in [1.82, 2.24) is 0 Å². The highest BCUT2D eigenvalue weighted by Gasteiger charge is 2.43. The van der Waals surface area contributed by atoms with Crippen LogP contribution in [0.2, 0.25) is 0 Å². The van der Waals surface area contributed by atoms with Gasteiger partial charge in [0.2, 0.25) is 0 Å². The van der Waals surface area contributed by atoms with Crippen LogP contribution in [0.5, 0.6) is 0 Å². The van der Waals surface area contributed by atoms with Gasteiger partial charge in [0.1, 0.15) is 0 Å². The lowest BCUT2D eigenvalue weighted by Crippen LogP contribution is -2.41. The topological polar surface area (TPSA) is 47.9 Å². The van der Waals surface area contributed by atoms with E-state index in [0.29, 0.717) is 19.8 Å². The lowest BCUT2D eigenvalue weighted by Gasteiger charge is -2.39. The number of aliphatic hydroxyl groups excluding tert-OH is 1. The molecule has 4 nitrogen and oxygen atoms in total. The summed E-state index contributed by atoms with van der Waals surface area (Å²) in [7, 11) is 0. The SMILES string of the molecule is OC(c1ccc2c(c1)COC2)C1CCOC2(CCOC2)C1. The van der Waals surface area contributed by atoms with Gasteiger partial charge in [-0.25, -0.2) is 0 Å². The van der Waals surface area contributed by atoms with Crippen LogP contribution in [0, 0.1) is 5.92 Å². The first-order chi connectivity index (χ1) is 10.3. The van der Waals surface area contributed by atoms with Gasteiger partial charge < -0.3 is 19.3 Å². The molecule has 114 valence electrons. The molecule has 0 aliphatic carbocycles. The highest BCUT2D eigenvalue weighted by molar-refractivity contribution is 5.34. The fourth-order valence-corrected chi connectivity index (χ4v) is 3.85. The third-order valence-electron chi connectivity index (χ3n) is 5.13. The summed E-state index contributed by atoms with van der Waals surface area (Å²) in [5.74, 6) is 0.251. The second-order valence-electron chi connectivity index (χ2n) is 6.55. The summed E-state index contributed by atoms with van der Waals surface area (Å²) in [4.78, 5) is 0. The van der Waals surface area contributed by atoms with Gasteiger partial charge in [0.25, 0.3) is 0 Å². The Balaban J connectivity index is 1.52. The third-order valence-corrected chi connectivity index (χ3v) is 5.13. The summed E-state index contributed by atoms with van der Waals surface area (Å²) in [6, 6.07) is 6.25. The van der Waals surface area contributed by atoms with Crippen LogP contribution >= 0.6 is 0 Å². The zero-order valence-corrected chi connectivity index (χ0v) is 12.2. The molecule has 0 radical (unpaired) electrons. The molecular formula is C17H22O4. The van der Waals surface area contributed by atoms with E-state index in [4.69, 9.17) is 14.2 Å². The predicted molar refractivity (Wildman–Crippen MR) is 76.7 cm³/mol. The van der Waals surface area contributed by atoms with Crippen LogP contribution in [0.3, 0.4) is 0 Å². The number of aliphatic hydroxyl groups is 1. The Bertz CT molecular complexity index is 522. The quantitative estimate of drug-likeness (QED) is 0.908. The van der Waals surface area contributed by atoms with Crippen LogP contribution < -0.4 is 0 Å². The van der Waals surface area contributed by atoms with Gasteiger partial charge in [-0.2, -0.15) is 0 Å². The molecule has 3 aliphatic rings. The van der Waals surface area contributed by atoms with E-state index in [1.165, 1.54) is 11.1 Å². The van der Waals surface area contributed by atoms with Crippen molar-refractivity contribution >= 4 is 0 Å². The van der Waals surface area contributed by atoms with Gasteiger partial charge in [0.15, 0.2) is 0 Å². The molecule has 1 aromatic carbocycles. The van der Waals surface area contributed by atoms with Crippen molar-refractivity contribution in [3.63, 3.8) is 0 Å². The Kier molecular flexibility index (Phi) is 3.50. The van der Waals surface area contributed by atoms with E-state index < -0.39 is 6.10 Å². The largest absolute Gasteiger partial charge is 0.388 e. The van der Waals surface area contributed by atoms with Gasteiger partial charge >= 0.3 is 0 Å². The molecule has 3 atom stereocenters. The van der Waals surface area contributed by atoms with E-state index in [2.05, 4.69) is 12.1 Å². The molecular weight excluding hydrogens is 268 g/mol. The molecule has 3 aliphatic heterocycles. The van der Waals surface area contributed by atoms with Gasteiger partial charge in [-0.3, -0.25) is 0 Å². The Labute approximate surface area is 125 Å². The van der Waals surface area contributed by atoms with Gasteiger partial charge in [-0.1, -0.05) is 18.2 Å². The van der Waals surface area contributed by atoms with E-state index in [1.54, 1.807) is 0 Å². The van der Waals surface area contributed by atoms with Gasteiger partial charge in [0, 0.05) is 19.6 Å². The minimum absolute atomic E-state index is 0.149. The fourth-order valence-electron chi connectivity index (χ4n) is 3.85. The number of benzene rings is 1. The molecule has 0 saturated carbocycles. The molecule has 1 N–H and O–H groups in total. The highest BCUT2D eigenvalue weighted by atomic mass is 16.6. The van der Waals surface area contributed by atoms with Crippen LogP contribution in [-0.4, -0.2) is 30.5 Å². The summed E-state index contributed by atoms with van der Waals surface area (Å²) < 4.78 is 16.9. The van der Waals surface area contributed by atoms with Crippen molar-refractivity contribution in [2.24, 2.45) is 5.92 Å². The predicted octanol–water partition coefficient (Wildman–Crippen LogP) is 2.34.